The Morgan fingerprint density at radius 1 is 1.03 bits per heavy atom. The third-order valence-corrected chi connectivity index (χ3v) is 4.92. The van der Waals surface area contributed by atoms with Crippen LogP contribution in [-0.4, -0.2) is 49.6 Å². The molecule has 0 aromatic heterocycles. The summed E-state index contributed by atoms with van der Waals surface area (Å²) in [7, 11) is 0. The molecule has 0 radical (unpaired) electrons. The Labute approximate surface area is 170 Å². The Morgan fingerprint density at radius 3 is 2.40 bits per heavy atom. The lowest BCUT2D eigenvalue weighted by molar-refractivity contribution is -0.137. The van der Waals surface area contributed by atoms with E-state index in [1.807, 2.05) is 0 Å². The first-order valence-electron chi connectivity index (χ1n) is 9.28. The molecule has 0 N–H and O–H groups in total. The first-order valence-corrected chi connectivity index (χ1v) is 9.28. The van der Waals surface area contributed by atoms with E-state index in [-0.39, 0.29) is 18.7 Å². The number of carbonyl (C=O) groups is 2. The third kappa shape index (κ3) is 5.08. The van der Waals surface area contributed by atoms with E-state index in [0.29, 0.717) is 24.3 Å². The fraction of sp³-hybridized carbons (Fsp3) is 0.333. The van der Waals surface area contributed by atoms with Gasteiger partial charge in [0.15, 0.2) is 6.61 Å². The van der Waals surface area contributed by atoms with Crippen molar-refractivity contribution in [1.29, 1.82) is 0 Å². The highest BCUT2D eigenvalue weighted by molar-refractivity contribution is 5.92. The molecule has 3 rings (SSSR count). The molecule has 1 fully saturated rings. The van der Waals surface area contributed by atoms with Gasteiger partial charge >= 0.3 is 12.1 Å². The Hall–Kier alpha value is -3.10. The number of amides is 1. The molecule has 2 aromatic carbocycles. The summed E-state index contributed by atoms with van der Waals surface area (Å²) < 4.78 is 57.0. The van der Waals surface area contributed by atoms with Crippen molar-refractivity contribution < 1.29 is 31.9 Å². The molecule has 1 heterocycles. The van der Waals surface area contributed by atoms with Crippen LogP contribution in [0.3, 0.4) is 0 Å². The van der Waals surface area contributed by atoms with Crippen molar-refractivity contribution in [2.45, 2.75) is 13.1 Å². The molecule has 0 unspecified atom stereocenters. The number of piperazine rings is 1. The fourth-order valence-corrected chi connectivity index (χ4v) is 3.20. The minimum atomic E-state index is -4.42. The largest absolute Gasteiger partial charge is 0.452 e. The normalized spacial score (nSPS) is 14.6. The monoisotopic (exact) mass is 424 g/mol. The zero-order chi connectivity index (χ0) is 21.9. The molecular formula is C21H20F4N2O3. The molecule has 9 heteroatoms. The number of hydrogen-bond acceptors (Lipinski definition) is 4. The average Bonchev–Trinajstić information content (AvgIpc) is 2.73. The molecule has 160 valence electrons. The number of rotatable bonds is 4. The number of benzene rings is 2. The summed E-state index contributed by atoms with van der Waals surface area (Å²) in [5.41, 5.74) is 0.295. The van der Waals surface area contributed by atoms with Gasteiger partial charge in [0.25, 0.3) is 5.91 Å². The van der Waals surface area contributed by atoms with Crippen LogP contribution in [-0.2, 0) is 15.7 Å². The van der Waals surface area contributed by atoms with Crippen LogP contribution in [0.2, 0.25) is 0 Å². The Morgan fingerprint density at radius 2 is 1.73 bits per heavy atom. The number of nitrogens with zero attached hydrogens (tertiary/aromatic N) is 2. The summed E-state index contributed by atoms with van der Waals surface area (Å²) in [5.74, 6) is -1.78. The van der Waals surface area contributed by atoms with Gasteiger partial charge in [-0.2, -0.15) is 13.2 Å². The third-order valence-electron chi connectivity index (χ3n) is 4.92. The van der Waals surface area contributed by atoms with Crippen LogP contribution in [0.4, 0.5) is 23.2 Å². The average molecular weight is 424 g/mol. The molecule has 0 bridgehead atoms. The first kappa shape index (κ1) is 21.6. The number of hydrogen-bond donors (Lipinski definition) is 0. The second-order valence-corrected chi connectivity index (χ2v) is 6.95. The molecule has 2 aromatic rings. The second-order valence-electron chi connectivity index (χ2n) is 6.95. The smallest absolute Gasteiger partial charge is 0.416 e. The van der Waals surface area contributed by atoms with Crippen molar-refractivity contribution >= 4 is 17.6 Å². The van der Waals surface area contributed by atoms with Gasteiger partial charge in [0.05, 0.1) is 11.1 Å². The predicted octanol–water partition coefficient (Wildman–Crippen LogP) is 3.66. The van der Waals surface area contributed by atoms with E-state index in [2.05, 4.69) is 0 Å². The summed E-state index contributed by atoms with van der Waals surface area (Å²) in [6.07, 6.45) is -4.42. The minimum absolute atomic E-state index is 0.0529. The van der Waals surface area contributed by atoms with Gasteiger partial charge in [-0.15, -0.1) is 0 Å². The maximum Gasteiger partial charge on any atom is 0.416 e. The molecule has 0 saturated carbocycles. The fourth-order valence-electron chi connectivity index (χ4n) is 3.20. The molecule has 30 heavy (non-hydrogen) atoms. The standard InChI is InChI=1S/C21H20F4N2O3/c1-14-5-6-16(22)12-18(14)20(29)30-13-19(28)27-9-7-26(8-10-27)17-4-2-3-15(11-17)21(23,24)25/h2-6,11-12H,7-10,13H2,1H3. The van der Waals surface area contributed by atoms with Crippen LogP contribution < -0.4 is 4.90 Å². The van der Waals surface area contributed by atoms with Gasteiger partial charge in [-0.3, -0.25) is 4.79 Å². The highest BCUT2D eigenvalue weighted by Crippen LogP contribution is 2.31. The summed E-state index contributed by atoms with van der Waals surface area (Å²) in [6.45, 7) is 2.41. The number of anilines is 1. The minimum Gasteiger partial charge on any atom is -0.452 e. The predicted molar refractivity (Wildman–Crippen MR) is 102 cm³/mol. The van der Waals surface area contributed by atoms with Gasteiger partial charge in [0.2, 0.25) is 0 Å². The molecule has 0 spiro atoms. The number of esters is 1. The van der Waals surface area contributed by atoms with E-state index in [0.717, 1.165) is 18.2 Å². The van der Waals surface area contributed by atoms with Crippen LogP contribution in [0.25, 0.3) is 0 Å². The molecule has 1 saturated heterocycles. The van der Waals surface area contributed by atoms with Gasteiger partial charge in [-0.05, 0) is 42.8 Å². The zero-order valence-corrected chi connectivity index (χ0v) is 16.2. The molecule has 5 nitrogen and oxygen atoms in total. The van der Waals surface area contributed by atoms with Gasteiger partial charge < -0.3 is 14.5 Å². The van der Waals surface area contributed by atoms with Crippen molar-refractivity contribution in [3.8, 4) is 0 Å². The number of halogens is 4. The molecule has 1 aliphatic rings. The van der Waals surface area contributed by atoms with Gasteiger partial charge in [-0.25, -0.2) is 9.18 Å². The molecule has 1 amide bonds. The summed E-state index contributed by atoms with van der Waals surface area (Å²) in [6, 6.07) is 8.76. The number of aryl methyl sites for hydroxylation is 1. The van der Waals surface area contributed by atoms with Crippen molar-refractivity contribution in [2.24, 2.45) is 0 Å². The van der Waals surface area contributed by atoms with E-state index < -0.39 is 36.0 Å². The Kier molecular flexibility index (Phi) is 6.28. The van der Waals surface area contributed by atoms with E-state index in [4.69, 9.17) is 4.74 Å². The zero-order valence-electron chi connectivity index (χ0n) is 16.2. The number of ether oxygens (including phenoxy) is 1. The Balaban J connectivity index is 1.53. The van der Waals surface area contributed by atoms with Crippen molar-refractivity contribution in [2.75, 3.05) is 37.7 Å². The molecule has 1 aliphatic heterocycles. The van der Waals surface area contributed by atoms with E-state index in [1.165, 1.54) is 23.1 Å². The summed E-state index contributed by atoms with van der Waals surface area (Å²) >= 11 is 0. The Bertz CT molecular complexity index is 938. The SMILES string of the molecule is Cc1ccc(F)cc1C(=O)OCC(=O)N1CCN(c2cccc(C(F)(F)F)c2)CC1. The maximum absolute atomic E-state index is 13.3. The summed E-state index contributed by atoms with van der Waals surface area (Å²) in [4.78, 5) is 27.7. The van der Waals surface area contributed by atoms with Gasteiger partial charge in [0.1, 0.15) is 5.82 Å². The summed E-state index contributed by atoms with van der Waals surface area (Å²) in [5, 5.41) is 0. The van der Waals surface area contributed by atoms with Crippen LogP contribution >= 0.6 is 0 Å². The quantitative estimate of drug-likeness (QED) is 0.555. The van der Waals surface area contributed by atoms with Gasteiger partial charge in [0, 0.05) is 31.9 Å². The lowest BCUT2D eigenvalue weighted by Gasteiger charge is -2.36. The topological polar surface area (TPSA) is 49.9 Å². The van der Waals surface area contributed by atoms with Crippen molar-refractivity contribution in [3.63, 3.8) is 0 Å². The van der Waals surface area contributed by atoms with E-state index in [9.17, 15) is 27.2 Å². The molecule has 0 aliphatic carbocycles. The highest BCUT2D eigenvalue weighted by Gasteiger charge is 2.31. The lowest BCUT2D eigenvalue weighted by Crippen LogP contribution is -2.50. The van der Waals surface area contributed by atoms with E-state index >= 15 is 0 Å². The van der Waals surface area contributed by atoms with Crippen LogP contribution in [0.15, 0.2) is 42.5 Å². The van der Waals surface area contributed by atoms with Gasteiger partial charge in [-0.1, -0.05) is 12.1 Å². The van der Waals surface area contributed by atoms with Crippen LogP contribution in [0, 0.1) is 12.7 Å². The second kappa shape index (κ2) is 8.73. The molecule has 0 atom stereocenters. The van der Waals surface area contributed by atoms with Crippen LogP contribution in [0.1, 0.15) is 21.5 Å². The molecular weight excluding hydrogens is 404 g/mol. The van der Waals surface area contributed by atoms with Crippen molar-refractivity contribution in [1.82, 2.24) is 4.90 Å². The van der Waals surface area contributed by atoms with Crippen molar-refractivity contribution in [3.05, 3.63) is 65.0 Å². The van der Waals surface area contributed by atoms with Crippen LogP contribution in [0.5, 0.6) is 0 Å². The maximum atomic E-state index is 13.3. The first-order chi connectivity index (χ1) is 14.1. The number of carbonyl (C=O) groups excluding carboxylic acids is 2. The van der Waals surface area contributed by atoms with E-state index in [1.54, 1.807) is 17.9 Å². The number of alkyl halides is 3. The highest BCUT2D eigenvalue weighted by atomic mass is 19.4. The lowest BCUT2D eigenvalue weighted by atomic mass is 10.1.